The third kappa shape index (κ3) is 8.01. The lowest BCUT2D eigenvalue weighted by molar-refractivity contribution is -0.368. The highest BCUT2D eigenvalue weighted by Gasteiger charge is 2.52. The van der Waals surface area contributed by atoms with Gasteiger partial charge in [0.2, 0.25) is 0 Å². The zero-order valence-corrected chi connectivity index (χ0v) is 23.6. The van der Waals surface area contributed by atoms with Gasteiger partial charge in [-0.05, 0) is 23.8 Å². The van der Waals surface area contributed by atoms with Gasteiger partial charge >= 0.3 is 11.9 Å². The molecule has 0 bridgehead atoms. The van der Waals surface area contributed by atoms with Crippen LogP contribution in [0, 0.1) is 0 Å². The Morgan fingerprint density at radius 2 is 1.57 bits per heavy atom. The van der Waals surface area contributed by atoms with Crippen molar-refractivity contribution in [2.75, 3.05) is 26.9 Å². The van der Waals surface area contributed by atoms with Gasteiger partial charge in [0.25, 0.3) is 0 Å². The molecule has 44 heavy (non-hydrogen) atoms. The number of aliphatic hydroxyl groups is 6. The summed E-state index contributed by atoms with van der Waals surface area (Å²) < 4.78 is 43.0. The maximum atomic E-state index is 12.3. The molecule has 7 N–H and O–H groups in total. The summed E-state index contributed by atoms with van der Waals surface area (Å²) in [6.45, 7) is -0.271. The summed E-state index contributed by atoms with van der Waals surface area (Å²) in [6, 6.07) is 4.39. The largest absolute Gasteiger partial charge is 0.504 e. The Bertz CT molecular complexity index is 1160. The summed E-state index contributed by atoms with van der Waals surface area (Å²) in [5.41, 5.74) is 0.515. The first-order valence-electron chi connectivity index (χ1n) is 13.6. The number of hydrogen-bond donors (Lipinski definition) is 7. The van der Waals surface area contributed by atoms with Crippen molar-refractivity contribution >= 4 is 18.0 Å². The van der Waals surface area contributed by atoms with Crippen LogP contribution in [0.2, 0.25) is 0 Å². The Morgan fingerprint density at radius 3 is 2.25 bits per heavy atom. The summed E-state index contributed by atoms with van der Waals surface area (Å²) in [7, 11) is 1.37. The Labute approximate surface area is 250 Å². The molecular formula is C27H36O17. The Kier molecular flexibility index (Phi) is 11.5. The highest BCUT2D eigenvalue weighted by atomic mass is 16.8. The van der Waals surface area contributed by atoms with Crippen molar-refractivity contribution in [3.8, 4) is 11.5 Å². The normalized spacial score (nSPS) is 37.5. The number of phenolic OH excluding ortho intramolecular Hbond substituents is 1. The van der Waals surface area contributed by atoms with Crippen LogP contribution >= 0.6 is 0 Å². The van der Waals surface area contributed by atoms with Crippen LogP contribution in [0.5, 0.6) is 11.5 Å². The number of hydrogen-bond acceptors (Lipinski definition) is 17. The molecule has 0 radical (unpaired) electrons. The van der Waals surface area contributed by atoms with E-state index < -0.39 is 106 Å². The molecule has 0 spiro atoms. The average Bonchev–Trinajstić information content (AvgIpc) is 3.28. The fourth-order valence-corrected chi connectivity index (χ4v) is 4.66. The highest BCUT2D eigenvalue weighted by Crippen LogP contribution is 2.32. The van der Waals surface area contributed by atoms with E-state index in [4.69, 9.17) is 37.9 Å². The fraction of sp³-hybridized carbons (Fsp3) is 0.630. The molecule has 3 aliphatic heterocycles. The number of phenols is 1. The molecule has 0 unspecified atom stereocenters. The molecule has 17 heteroatoms. The zero-order chi connectivity index (χ0) is 32.1. The van der Waals surface area contributed by atoms with Crippen LogP contribution in [0.3, 0.4) is 0 Å². The van der Waals surface area contributed by atoms with Gasteiger partial charge in [0.15, 0.2) is 36.5 Å². The van der Waals surface area contributed by atoms with Crippen molar-refractivity contribution < 1.29 is 83.2 Å². The molecule has 0 aliphatic carbocycles. The van der Waals surface area contributed by atoms with E-state index in [1.807, 2.05) is 0 Å². The Balaban J connectivity index is 1.42. The first kappa shape index (κ1) is 33.9. The number of benzene rings is 1. The van der Waals surface area contributed by atoms with E-state index in [0.29, 0.717) is 5.56 Å². The van der Waals surface area contributed by atoms with Crippen LogP contribution in [-0.2, 0) is 42.7 Å². The fourth-order valence-electron chi connectivity index (χ4n) is 4.66. The van der Waals surface area contributed by atoms with Gasteiger partial charge in [-0.3, -0.25) is 4.79 Å². The minimum absolute atomic E-state index is 0.0862. The smallest absolute Gasteiger partial charge is 0.330 e. The number of aromatic hydroxyl groups is 1. The summed E-state index contributed by atoms with van der Waals surface area (Å²) >= 11 is 0. The van der Waals surface area contributed by atoms with Crippen LogP contribution in [0.25, 0.3) is 6.08 Å². The van der Waals surface area contributed by atoms with E-state index in [1.54, 1.807) is 0 Å². The van der Waals surface area contributed by atoms with Gasteiger partial charge in [0, 0.05) is 13.0 Å². The van der Waals surface area contributed by atoms with Gasteiger partial charge in [0.05, 0.1) is 20.3 Å². The van der Waals surface area contributed by atoms with Crippen LogP contribution in [-0.4, -0.2) is 148 Å². The minimum Gasteiger partial charge on any atom is -0.504 e. The van der Waals surface area contributed by atoms with E-state index in [9.17, 15) is 45.3 Å². The second-order valence-corrected chi connectivity index (χ2v) is 10.2. The van der Waals surface area contributed by atoms with E-state index in [2.05, 4.69) is 0 Å². The topological polar surface area (TPSA) is 250 Å². The number of carbonyl (C=O) groups is 2. The SMILES string of the molecule is COc1cc(/C=C/C(=O)OC[C@@H]2O[C@@H](O[C@H]3[C@H](O[C@H]4OC[C@@H](O)[C@H](O)[C@H]4O)OC[C@@H](O)[C@@H]3O)[C@H](OC(C)=O)[C@H]2O)ccc1O. The van der Waals surface area contributed by atoms with Crippen molar-refractivity contribution in [3.63, 3.8) is 0 Å². The Morgan fingerprint density at radius 1 is 0.886 bits per heavy atom. The monoisotopic (exact) mass is 632 g/mol. The van der Waals surface area contributed by atoms with Crippen LogP contribution < -0.4 is 4.74 Å². The van der Waals surface area contributed by atoms with Crippen LogP contribution in [0.1, 0.15) is 12.5 Å². The van der Waals surface area contributed by atoms with E-state index in [1.165, 1.54) is 31.4 Å². The number of aliphatic hydroxyl groups excluding tert-OH is 6. The second kappa shape index (κ2) is 14.9. The quantitative estimate of drug-likeness (QED) is 0.0996. The summed E-state index contributed by atoms with van der Waals surface area (Å²) in [4.78, 5) is 24.1. The molecule has 3 fully saturated rings. The van der Waals surface area contributed by atoms with E-state index in [-0.39, 0.29) is 11.5 Å². The number of methoxy groups -OCH3 is 1. The lowest BCUT2D eigenvalue weighted by Gasteiger charge is -2.42. The number of ether oxygens (including phenoxy) is 8. The van der Waals surface area contributed by atoms with Gasteiger partial charge in [0.1, 0.15) is 55.4 Å². The van der Waals surface area contributed by atoms with Gasteiger partial charge in [-0.2, -0.15) is 0 Å². The number of rotatable bonds is 10. The molecule has 12 atom stereocenters. The maximum absolute atomic E-state index is 12.3. The molecule has 1 aromatic rings. The summed E-state index contributed by atoms with van der Waals surface area (Å²) in [5, 5.41) is 71.3. The first-order chi connectivity index (χ1) is 20.9. The molecule has 0 saturated carbocycles. The lowest BCUT2D eigenvalue weighted by atomic mass is 10.0. The number of esters is 2. The second-order valence-electron chi connectivity index (χ2n) is 10.2. The van der Waals surface area contributed by atoms with E-state index in [0.717, 1.165) is 13.0 Å². The van der Waals surface area contributed by atoms with Crippen molar-refractivity contribution in [1.82, 2.24) is 0 Å². The maximum Gasteiger partial charge on any atom is 0.330 e. The van der Waals surface area contributed by atoms with Gasteiger partial charge in [-0.1, -0.05) is 6.07 Å². The van der Waals surface area contributed by atoms with Gasteiger partial charge in [-0.15, -0.1) is 0 Å². The van der Waals surface area contributed by atoms with Crippen LogP contribution in [0.15, 0.2) is 24.3 Å². The third-order valence-corrected chi connectivity index (χ3v) is 7.05. The molecule has 246 valence electrons. The van der Waals surface area contributed by atoms with Crippen molar-refractivity contribution in [3.05, 3.63) is 29.8 Å². The average molecular weight is 633 g/mol. The third-order valence-electron chi connectivity index (χ3n) is 7.05. The molecule has 17 nitrogen and oxygen atoms in total. The zero-order valence-electron chi connectivity index (χ0n) is 23.6. The highest BCUT2D eigenvalue weighted by molar-refractivity contribution is 5.87. The number of carbonyl (C=O) groups excluding carboxylic acids is 2. The van der Waals surface area contributed by atoms with Gasteiger partial charge in [-0.25, -0.2) is 4.79 Å². The lowest BCUT2D eigenvalue weighted by Crippen LogP contribution is -2.60. The molecule has 4 rings (SSSR count). The summed E-state index contributed by atoms with van der Waals surface area (Å²) in [6.07, 6.45) is -16.0. The molecule has 3 aliphatic rings. The standard InChI is InChI=1S/C27H36O17/c1-11(28)41-24-21(35)17(10-38-18(32)6-4-12-3-5-13(29)16(7-12)37-2)42-27(24)43-23-20(34)15(31)9-40-26(23)44-25-22(36)19(33)14(30)8-39-25/h3-7,14-15,17,19-27,29-31,33-36H,8-10H2,1-2H3/b6-4+/t14-,15-,17+,19+,20+,21+,22-,23-,24-,25-,26+,27+/m1/s1. The molecule has 3 heterocycles. The predicted octanol–water partition coefficient (Wildman–Crippen LogP) is -3.11. The van der Waals surface area contributed by atoms with Crippen molar-refractivity contribution in [2.24, 2.45) is 0 Å². The predicted molar refractivity (Wildman–Crippen MR) is 140 cm³/mol. The summed E-state index contributed by atoms with van der Waals surface area (Å²) in [5.74, 6) is -1.54. The van der Waals surface area contributed by atoms with Gasteiger partial charge < -0.3 is 73.6 Å². The van der Waals surface area contributed by atoms with Crippen LogP contribution in [0.4, 0.5) is 0 Å². The van der Waals surface area contributed by atoms with E-state index >= 15 is 0 Å². The molecular weight excluding hydrogens is 596 g/mol. The van der Waals surface area contributed by atoms with Crippen molar-refractivity contribution in [1.29, 1.82) is 0 Å². The molecule has 1 aromatic carbocycles. The molecule has 3 saturated heterocycles. The molecule has 0 aromatic heterocycles. The molecule has 0 amide bonds. The Hall–Kier alpha value is -2.94. The first-order valence-corrected chi connectivity index (χ1v) is 13.6. The minimum atomic E-state index is -1.71. The van der Waals surface area contributed by atoms with Crippen molar-refractivity contribution in [2.45, 2.75) is 80.7 Å².